The first-order chi connectivity index (χ1) is 10.4. The smallest absolute Gasteiger partial charge is 0.0641 e. The Bertz CT molecular complexity index is 596. The number of hydrogen-bond donors (Lipinski definition) is 1. The van der Waals surface area contributed by atoms with Gasteiger partial charge in [0.05, 0.1) is 5.54 Å². The first kappa shape index (κ1) is 13.1. The first-order valence-corrected chi connectivity index (χ1v) is 8.04. The molecule has 0 unspecified atom stereocenters. The van der Waals surface area contributed by atoms with Crippen LogP contribution in [0, 0.1) is 0 Å². The zero-order chi connectivity index (χ0) is 14.1. The minimum atomic E-state index is 0.225. The van der Waals surface area contributed by atoms with Crippen molar-refractivity contribution in [2.45, 2.75) is 31.5 Å². The predicted octanol–water partition coefficient (Wildman–Crippen LogP) is 2.58. The van der Waals surface area contributed by atoms with Crippen LogP contribution in [0.3, 0.4) is 0 Å². The number of nitrogens with zero attached hydrogens (tertiary/aromatic N) is 2. The SMILES string of the molecule is c1ccc(CN2CCn3cccc3C23CCNCC3)cc1. The first-order valence-electron chi connectivity index (χ1n) is 8.04. The summed E-state index contributed by atoms with van der Waals surface area (Å²) in [5, 5.41) is 3.53. The standard InChI is InChI=1S/C18H23N3/c1-2-5-16(6-3-1)15-21-14-13-20-12-4-7-17(20)18(21)8-10-19-11-9-18/h1-7,12,19H,8-11,13-15H2. The molecule has 2 aliphatic heterocycles. The molecule has 4 rings (SSSR count). The fraction of sp³-hybridized carbons (Fsp3) is 0.444. The molecule has 2 aromatic rings. The van der Waals surface area contributed by atoms with E-state index in [2.05, 4.69) is 63.4 Å². The van der Waals surface area contributed by atoms with Gasteiger partial charge in [-0.3, -0.25) is 4.90 Å². The molecule has 0 atom stereocenters. The minimum Gasteiger partial charge on any atom is -0.348 e. The molecular formula is C18H23N3. The van der Waals surface area contributed by atoms with Crippen LogP contribution in [-0.2, 0) is 18.6 Å². The lowest BCUT2D eigenvalue weighted by atomic mass is 9.81. The van der Waals surface area contributed by atoms with Crippen molar-refractivity contribution in [1.82, 2.24) is 14.8 Å². The van der Waals surface area contributed by atoms with Gasteiger partial charge in [0, 0.05) is 31.5 Å². The lowest BCUT2D eigenvalue weighted by molar-refractivity contribution is 0.0167. The van der Waals surface area contributed by atoms with Gasteiger partial charge in [-0.15, -0.1) is 0 Å². The second kappa shape index (κ2) is 5.32. The Morgan fingerprint density at radius 2 is 1.76 bits per heavy atom. The van der Waals surface area contributed by atoms with Crippen LogP contribution in [-0.4, -0.2) is 29.1 Å². The summed E-state index contributed by atoms with van der Waals surface area (Å²) in [6.45, 7) is 5.57. The lowest BCUT2D eigenvalue weighted by Crippen LogP contribution is -2.56. The van der Waals surface area contributed by atoms with Gasteiger partial charge in [0.2, 0.25) is 0 Å². The monoisotopic (exact) mass is 281 g/mol. The summed E-state index contributed by atoms with van der Waals surface area (Å²) in [5.41, 5.74) is 3.17. The van der Waals surface area contributed by atoms with Crippen LogP contribution in [0.15, 0.2) is 48.7 Å². The van der Waals surface area contributed by atoms with E-state index in [4.69, 9.17) is 0 Å². The summed E-state index contributed by atoms with van der Waals surface area (Å²) < 4.78 is 2.47. The number of aromatic nitrogens is 1. The summed E-state index contributed by atoms with van der Waals surface area (Å²) in [4.78, 5) is 2.72. The molecule has 0 aliphatic carbocycles. The fourth-order valence-corrected chi connectivity index (χ4v) is 4.08. The third kappa shape index (κ3) is 2.21. The van der Waals surface area contributed by atoms with Gasteiger partial charge in [0.1, 0.15) is 0 Å². The average molecular weight is 281 g/mol. The zero-order valence-electron chi connectivity index (χ0n) is 12.5. The maximum atomic E-state index is 3.53. The summed E-state index contributed by atoms with van der Waals surface area (Å²) >= 11 is 0. The molecule has 0 saturated carbocycles. The second-order valence-electron chi connectivity index (χ2n) is 6.28. The number of rotatable bonds is 2. The van der Waals surface area contributed by atoms with Crippen LogP contribution in [0.4, 0.5) is 0 Å². The Morgan fingerprint density at radius 1 is 0.952 bits per heavy atom. The molecule has 110 valence electrons. The molecule has 0 radical (unpaired) electrons. The van der Waals surface area contributed by atoms with Gasteiger partial charge in [0.15, 0.2) is 0 Å². The van der Waals surface area contributed by atoms with Crippen molar-refractivity contribution in [3.05, 3.63) is 59.9 Å². The van der Waals surface area contributed by atoms with Gasteiger partial charge >= 0.3 is 0 Å². The van der Waals surface area contributed by atoms with E-state index in [1.165, 1.54) is 24.1 Å². The van der Waals surface area contributed by atoms with E-state index in [0.29, 0.717) is 0 Å². The van der Waals surface area contributed by atoms with E-state index in [0.717, 1.165) is 32.7 Å². The van der Waals surface area contributed by atoms with Crippen molar-refractivity contribution in [3.8, 4) is 0 Å². The minimum absolute atomic E-state index is 0.225. The maximum absolute atomic E-state index is 3.53. The van der Waals surface area contributed by atoms with Crippen LogP contribution in [0.2, 0.25) is 0 Å². The van der Waals surface area contributed by atoms with Crippen LogP contribution >= 0.6 is 0 Å². The summed E-state index contributed by atoms with van der Waals surface area (Å²) in [5.74, 6) is 0. The molecule has 3 nitrogen and oxygen atoms in total. The molecule has 1 aromatic heterocycles. The Morgan fingerprint density at radius 3 is 2.57 bits per heavy atom. The topological polar surface area (TPSA) is 20.2 Å². The lowest BCUT2D eigenvalue weighted by Gasteiger charge is -2.50. The van der Waals surface area contributed by atoms with Crippen molar-refractivity contribution in [3.63, 3.8) is 0 Å². The average Bonchev–Trinajstić information content (AvgIpc) is 3.02. The number of hydrogen-bond acceptors (Lipinski definition) is 2. The van der Waals surface area contributed by atoms with Crippen LogP contribution in [0.1, 0.15) is 24.1 Å². The third-order valence-corrected chi connectivity index (χ3v) is 5.17. The molecule has 0 amide bonds. The van der Waals surface area contributed by atoms with Gasteiger partial charge < -0.3 is 9.88 Å². The molecule has 3 heteroatoms. The van der Waals surface area contributed by atoms with Crippen molar-refractivity contribution in [2.75, 3.05) is 19.6 Å². The Balaban J connectivity index is 1.69. The van der Waals surface area contributed by atoms with E-state index in [9.17, 15) is 0 Å². The quantitative estimate of drug-likeness (QED) is 0.913. The summed E-state index contributed by atoms with van der Waals surface area (Å²) in [6, 6.07) is 15.5. The molecule has 1 N–H and O–H groups in total. The zero-order valence-corrected chi connectivity index (χ0v) is 12.5. The highest BCUT2D eigenvalue weighted by atomic mass is 15.3. The van der Waals surface area contributed by atoms with E-state index >= 15 is 0 Å². The van der Waals surface area contributed by atoms with Crippen LogP contribution < -0.4 is 5.32 Å². The predicted molar refractivity (Wildman–Crippen MR) is 85.1 cm³/mol. The van der Waals surface area contributed by atoms with Gasteiger partial charge in [-0.2, -0.15) is 0 Å². The Hall–Kier alpha value is -1.58. The van der Waals surface area contributed by atoms with Crippen molar-refractivity contribution >= 4 is 0 Å². The van der Waals surface area contributed by atoms with Gasteiger partial charge in [0.25, 0.3) is 0 Å². The van der Waals surface area contributed by atoms with Gasteiger partial charge in [-0.25, -0.2) is 0 Å². The van der Waals surface area contributed by atoms with E-state index < -0.39 is 0 Å². The normalized spacial score (nSPS) is 21.3. The Labute approximate surface area is 126 Å². The molecule has 1 aromatic carbocycles. The van der Waals surface area contributed by atoms with Crippen LogP contribution in [0.5, 0.6) is 0 Å². The molecule has 0 bridgehead atoms. The number of benzene rings is 1. The van der Waals surface area contributed by atoms with E-state index in [-0.39, 0.29) is 5.54 Å². The molecule has 3 heterocycles. The highest BCUT2D eigenvalue weighted by Crippen LogP contribution is 2.40. The summed E-state index contributed by atoms with van der Waals surface area (Å²) in [7, 11) is 0. The number of fused-ring (bicyclic) bond motifs is 2. The summed E-state index contributed by atoms with van der Waals surface area (Å²) in [6.07, 6.45) is 4.67. The number of nitrogens with one attached hydrogen (secondary N) is 1. The Kier molecular flexibility index (Phi) is 3.32. The van der Waals surface area contributed by atoms with E-state index in [1.54, 1.807) is 0 Å². The van der Waals surface area contributed by atoms with E-state index in [1.807, 2.05) is 0 Å². The van der Waals surface area contributed by atoms with Gasteiger partial charge in [-0.05, 0) is 43.6 Å². The fourth-order valence-electron chi connectivity index (χ4n) is 4.08. The number of piperidine rings is 1. The highest BCUT2D eigenvalue weighted by Gasteiger charge is 2.43. The molecule has 2 aliphatic rings. The largest absolute Gasteiger partial charge is 0.348 e. The molecule has 1 spiro atoms. The van der Waals surface area contributed by atoms with Crippen molar-refractivity contribution in [2.24, 2.45) is 0 Å². The molecular weight excluding hydrogens is 258 g/mol. The van der Waals surface area contributed by atoms with Crippen molar-refractivity contribution in [1.29, 1.82) is 0 Å². The maximum Gasteiger partial charge on any atom is 0.0641 e. The molecule has 21 heavy (non-hydrogen) atoms. The third-order valence-electron chi connectivity index (χ3n) is 5.17. The van der Waals surface area contributed by atoms with Crippen LogP contribution in [0.25, 0.3) is 0 Å². The highest BCUT2D eigenvalue weighted by molar-refractivity contribution is 5.24. The molecule has 1 fully saturated rings. The second-order valence-corrected chi connectivity index (χ2v) is 6.28. The molecule has 1 saturated heterocycles. The van der Waals surface area contributed by atoms with Crippen molar-refractivity contribution < 1.29 is 0 Å². The van der Waals surface area contributed by atoms with Gasteiger partial charge in [-0.1, -0.05) is 30.3 Å².